The maximum atomic E-state index is 5.96. The summed E-state index contributed by atoms with van der Waals surface area (Å²) in [5, 5.41) is 0. The number of ether oxygens (including phenoxy) is 3. The number of aliphatic imine (C=N–C) groups is 2. The lowest BCUT2D eigenvalue weighted by Gasteiger charge is -2.20. The third-order valence-electron chi connectivity index (χ3n) is 6.79. The summed E-state index contributed by atoms with van der Waals surface area (Å²) in [7, 11) is 5.04. The van der Waals surface area contributed by atoms with Gasteiger partial charge in [0, 0.05) is 68.3 Å². The van der Waals surface area contributed by atoms with Crippen molar-refractivity contribution in [3.8, 4) is 0 Å². The van der Waals surface area contributed by atoms with Gasteiger partial charge in [-0.15, -0.1) is 0 Å². The van der Waals surface area contributed by atoms with E-state index < -0.39 is 6.29 Å². The third-order valence-corrected chi connectivity index (χ3v) is 6.79. The molecule has 34 heavy (non-hydrogen) atoms. The summed E-state index contributed by atoms with van der Waals surface area (Å²) in [6.45, 7) is 8.85. The molecule has 0 bridgehead atoms. The van der Waals surface area contributed by atoms with E-state index >= 15 is 0 Å². The second kappa shape index (κ2) is 9.56. The molecule has 7 nitrogen and oxygen atoms in total. The summed E-state index contributed by atoms with van der Waals surface area (Å²) in [6, 6.07) is 4.06. The van der Waals surface area contributed by atoms with Gasteiger partial charge in [0.2, 0.25) is 11.8 Å². The van der Waals surface area contributed by atoms with Crippen LogP contribution in [-0.4, -0.2) is 61.9 Å². The molecule has 0 amide bonds. The van der Waals surface area contributed by atoms with Crippen molar-refractivity contribution < 1.29 is 19.2 Å². The van der Waals surface area contributed by atoms with Gasteiger partial charge in [0.05, 0.1) is 17.1 Å². The number of nitrogens with one attached hydrogen (secondary N) is 2. The lowest BCUT2D eigenvalue weighted by Crippen LogP contribution is -2.80. The van der Waals surface area contributed by atoms with E-state index in [1.54, 1.807) is 21.3 Å². The van der Waals surface area contributed by atoms with Crippen molar-refractivity contribution in [2.24, 2.45) is 20.8 Å². The van der Waals surface area contributed by atoms with Gasteiger partial charge in [-0.25, -0.2) is 4.99 Å². The Kier molecular flexibility index (Phi) is 6.90. The van der Waals surface area contributed by atoms with Gasteiger partial charge < -0.3 is 19.2 Å². The highest BCUT2D eigenvalue weighted by Crippen LogP contribution is 2.40. The summed E-state index contributed by atoms with van der Waals surface area (Å²) in [5.41, 5.74) is 6.00. The Hall–Kier alpha value is -2.61. The maximum absolute atomic E-state index is 5.96. The van der Waals surface area contributed by atoms with Crippen LogP contribution in [0, 0.1) is 10.8 Å². The van der Waals surface area contributed by atoms with Crippen molar-refractivity contribution in [1.29, 1.82) is 0 Å². The molecule has 0 saturated carbocycles. The molecule has 0 fully saturated rings. The normalized spacial score (nSPS) is 26.5. The summed E-state index contributed by atoms with van der Waals surface area (Å²) < 4.78 is 16.8. The second-order valence-corrected chi connectivity index (χ2v) is 10.5. The van der Waals surface area contributed by atoms with Crippen molar-refractivity contribution in [2.45, 2.75) is 59.0 Å². The molecule has 182 valence electrons. The topological polar surface area (TPSA) is 82.2 Å². The van der Waals surface area contributed by atoms with Gasteiger partial charge in [0.1, 0.15) is 0 Å². The zero-order valence-electron chi connectivity index (χ0n) is 21.3. The highest BCUT2D eigenvalue weighted by Gasteiger charge is 2.41. The van der Waals surface area contributed by atoms with E-state index in [4.69, 9.17) is 24.2 Å². The molecule has 2 unspecified atom stereocenters. The Morgan fingerprint density at radius 3 is 2.24 bits per heavy atom. The Bertz CT molecular complexity index is 1080. The Labute approximate surface area is 202 Å². The van der Waals surface area contributed by atoms with Crippen molar-refractivity contribution in [2.75, 3.05) is 21.3 Å². The first-order valence-electron chi connectivity index (χ1n) is 11.8. The van der Waals surface area contributed by atoms with Crippen LogP contribution in [0.4, 0.5) is 0 Å². The molecule has 0 saturated heterocycles. The summed E-state index contributed by atoms with van der Waals surface area (Å²) in [5.74, 6) is 0. The number of aromatic nitrogens is 1. The van der Waals surface area contributed by atoms with Crippen LogP contribution < -0.4 is 4.99 Å². The zero-order chi connectivity index (χ0) is 24.5. The predicted octanol–water partition coefficient (Wildman–Crippen LogP) is 3.08. The summed E-state index contributed by atoms with van der Waals surface area (Å²) >= 11 is 0. The highest BCUT2D eigenvalue weighted by atomic mass is 16.7. The smallest absolute Gasteiger partial charge is 0.201 e. The molecule has 0 aliphatic carbocycles. The van der Waals surface area contributed by atoms with Gasteiger partial charge in [-0.3, -0.25) is 9.98 Å². The van der Waals surface area contributed by atoms with Crippen molar-refractivity contribution in [3.05, 3.63) is 53.6 Å². The van der Waals surface area contributed by atoms with E-state index in [1.165, 1.54) is 0 Å². The van der Waals surface area contributed by atoms with E-state index in [-0.39, 0.29) is 23.0 Å². The van der Waals surface area contributed by atoms with E-state index in [1.807, 2.05) is 12.3 Å². The largest absolute Gasteiger partial charge is 0.368 e. The minimum absolute atomic E-state index is 0.00917. The number of nitrogens with zero attached hydrogens (tertiary/aromatic N) is 2. The minimum atomic E-state index is -0.412. The average Bonchev–Trinajstić information content (AvgIpc) is 3.55. The predicted molar refractivity (Wildman–Crippen MR) is 136 cm³/mol. The Morgan fingerprint density at radius 1 is 0.971 bits per heavy atom. The van der Waals surface area contributed by atoms with E-state index in [2.05, 4.69) is 68.0 Å². The summed E-state index contributed by atoms with van der Waals surface area (Å²) in [6.07, 6.45) is 11.5. The molecular formula is C27H37N4O3+. The van der Waals surface area contributed by atoms with Gasteiger partial charge >= 0.3 is 0 Å². The molecule has 0 aromatic carbocycles. The van der Waals surface area contributed by atoms with E-state index in [0.717, 1.165) is 47.1 Å². The van der Waals surface area contributed by atoms with Crippen molar-refractivity contribution in [1.82, 2.24) is 4.98 Å². The molecule has 1 aromatic heterocycles. The second-order valence-electron chi connectivity index (χ2n) is 10.5. The Balaban J connectivity index is 1.56. The lowest BCUT2D eigenvalue weighted by molar-refractivity contribution is -0.492. The molecule has 2 atom stereocenters. The number of H-pyrrole nitrogens is 1. The number of allylic oxidation sites excluding steroid dienone is 4. The van der Waals surface area contributed by atoms with Gasteiger partial charge in [-0.05, 0) is 30.7 Å². The number of methoxy groups -OCH3 is 3. The van der Waals surface area contributed by atoms with Crippen LogP contribution in [0.1, 0.15) is 46.2 Å². The van der Waals surface area contributed by atoms with Gasteiger partial charge in [-0.2, -0.15) is 0 Å². The fourth-order valence-corrected chi connectivity index (χ4v) is 4.88. The number of aromatic amines is 1. The quantitative estimate of drug-likeness (QED) is 0.579. The van der Waals surface area contributed by atoms with Crippen LogP contribution in [0.3, 0.4) is 0 Å². The number of rotatable bonds is 8. The molecule has 3 aliphatic heterocycles. The van der Waals surface area contributed by atoms with Gasteiger partial charge in [0.25, 0.3) is 0 Å². The van der Waals surface area contributed by atoms with Crippen LogP contribution in [0.2, 0.25) is 0 Å². The van der Waals surface area contributed by atoms with Crippen molar-refractivity contribution in [3.63, 3.8) is 0 Å². The zero-order valence-corrected chi connectivity index (χ0v) is 21.3. The van der Waals surface area contributed by atoms with E-state index in [9.17, 15) is 0 Å². The molecule has 7 heteroatoms. The number of hydrogen-bond donors (Lipinski definition) is 2. The van der Waals surface area contributed by atoms with Gasteiger partial charge in [-0.1, -0.05) is 27.7 Å². The molecule has 3 aliphatic rings. The fourth-order valence-electron chi connectivity index (χ4n) is 4.88. The molecule has 4 heterocycles. The standard InChI is InChI=1S/C27H36N4O3/c1-26(2)15-20(30-22(26)13-17-9-8-12-28-17)24(32-5)19-11-10-18(29-19)14-23-27(3,4)16-21(31-23)25(33-6)34-7/h8-14,19,24-25,28H,15-16H2,1-7H3/p+1/b22-13-,23-14-. The first-order chi connectivity index (χ1) is 16.2. The van der Waals surface area contributed by atoms with Crippen LogP contribution in [0.5, 0.6) is 0 Å². The highest BCUT2D eigenvalue weighted by molar-refractivity contribution is 6.03. The third kappa shape index (κ3) is 4.92. The van der Waals surface area contributed by atoms with Crippen LogP contribution in [-0.2, 0) is 14.2 Å². The Morgan fingerprint density at radius 2 is 1.62 bits per heavy atom. The monoisotopic (exact) mass is 465 g/mol. The van der Waals surface area contributed by atoms with Crippen molar-refractivity contribution >= 4 is 23.2 Å². The van der Waals surface area contributed by atoms with E-state index in [0.29, 0.717) is 0 Å². The number of hydrogen-bond acceptors (Lipinski definition) is 5. The molecule has 1 aromatic rings. The molecule has 2 N–H and O–H groups in total. The van der Waals surface area contributed by atoms with Crippen LogP contribution in [0.25, 0.3) is 6.08 Å². The van der Waals surface area contributed by atoms with Gasteiger partial charge in [0.15, 0.2) is 12.4 Å². The first-order valence-corrected chi connectivity index (χ1v) is 11.8. The SMILES string of the molecule is COC(OC)C1=N/C(=C\C2=[NH+]C(C(OC)C3=N/C(=C\c4ccc[nH]4)C(C)(C)C3)C=C2)C(C)(C)C1. The fraction of sp³-hybridized carbons (Fsp3) is 0.519. The molecular weight excluding hydrogens is 428 g/mol. The van der Waals surface area contributed by atoms with Crippen LogP contribution >= 0.6 is 0 Å². The average molecular weight is 466 g/mol. The molecule has 4 rings (SSSR count). The molecule has 0 radical (unpaired) electrons. The minimum Gasteiger partial charge on any atom is -0.368 e. The first kappa shape index (κ1) is 24.5. The molecule has 0 spiro atoms. The summed E-state index contributed by atoms with van der Waals surface area (Å²) in [4.78, 5) is 16.7. The maximum Gasteiger partial charge on any atom is 0.201 e. The van der Waals surface area contributed by atoms with Crippen LogP contribution in [0.15, 0.2) is 57.9 Å². The lowest BCUT2D eigenvalue weighted by atomic mass is 9.85.